The Morgan fingerprint density at radius 1 is 0.743 bits per heavy atom. The molecule has 0 bridgehead atoms. The number of hydrogen-bond donors (Lipinski definition) is 3. The van der Waals surface area contributed by atoms with E-state index in [1.807, 2.05) is 30.3 Å². The van der Waals surface area contributed by atoms with Gasteiger partial charge in [0.15, 0.2) is 6.61 Å². The van der Waals surface area contributed by atoms with E-state index in [4.69, 9.17) is 4.74 Å². The molecule has 9 heteroatoms. The van der Waals surface area contributed by atoms with E-state index in [9.17, 15) is 14.4 Å². The molecule has 176 valence electrons. The van der Waals surface area contributed by atoms with Gasteiger partial charge >= 0.3 is 0 Å². The van der Waals surface area contributed by atoms with Gasteiger partial charge in [-0.25, -0.2) is 0 Å². The molecule has 35 heavy (non-hydrogen) atoms. The number of rotatable bonds is 6. The van der Waals surface area contributed by atoms with E-state index in [1.54, 1.807) is 54.6 Å². The first-order valence-corrected chi connectivity index (χ1v) is 12.1. The summed E-state index contributed by atoms with van der Waals surface area (Å²) in [7, 11) is 0. The highest BCUT2D eigenvalue weighted by molar-refractivity contribution is 9.11. The summed E-state index contributed by atoms with van der Waals surface area (Å²) in [6.07, 6.45) is 0. The number of carbonyl (C=O) groups is 3. The molecule has 4 aromatic carbocycles. The first-order chi connectivity index (χ1) is 16.9. The zero-order valence-corrected chi connectivity index (χ0v) is 21.4. The van der Waals surface area contributed by atoms with E-state index < -0.39 is 11.8 Å². The van der Waals surface area contributed by atoms with E-state index in [0.29, 0.717) is 22.6 Å². The van der Waals surface area contributed by atoms with Crippen molar-refractivity contribution in [2.75, 3.05) is 11.9 Å². The van der Waals surface area contributed by atoms with Crippen LogP contribution in [0.4, 0.5) is 5.69 Å². The Hall–Kier alpha value is -3.69. The lowest BCUT2D eigenvalue weighted by Gasteiger charge is -2.12. The van der Waals surface area contributed by atoms with Crippen LogP contribution in [0.1, 0.15) is 20.7 Å². The quantitative estimate of drug-likeness (QED) is 0.258. The van der Waals surface area contributed by atoms with E-state index in [0.717, 1.165) is 19.7 Å². The number of benzene rings is 4. The predicted molar refractivity (Wildman–Crippen MR) is 141 cm³/mol. The standard InChI is InChI=1S/C26H19Br2N3O4/c27-19-9-12-21-18(14-19)8-13-22(24(21)28)35-15-23(32)30-31-26(34)17-6-10-20(11-7-17)29-25(33)16-4-2-1-3-5-16/h1-14H,15H2,(H,29,33)(H,30,32)(H,31,34). The van der Waals surface area contributed by atoms with Gasteiger partial charge in [0, 0.05) is 21.3 Å². The molecule has 0 aliphatic heterocycles. The van der Waals surface area contributed by atoms with Crippen molar-refractivity contribution in [1.82, 2.24) is 10.9 Å². The van der Waals surface area contributed by atoms with Crippen LogP contribution in [0.2, 0.25) is 0 Å². The number of amides is 3. The molecular weight excluding hydrogens is 578 g/mol. The largest absolute Gasteiger partial charge is 0.483 e. The van der Waals surface area contributed by atoms with Crippen LogP contribution in [0.25, 0.3) is 10.8 Å². The van der Waals surface area contributed by atoms with Crippen LogP contribution in [0.15, 0.2) is 93.9 Å². The van der Waals surface area contributed by atoms with Crippen molar-refractivity contribution >= 4 is 66.0 Å². The van der Waals surface area contributed by atoms with Gasteiger partial charge in [-0.1, -0.05) is 46.3 Å². The zero-order chi connectivity index (χ0) is 24.8. The lowest BCUT2D eigenvalue weighted by Crippen LogP contribution is -2.43. The molecule has 0 fully saturated rings. The van der Waals surface area contributed by atoms with Crippen molar-refractivity contribution in [1.29, 1.82) is 0 Å². The first-order valence-electron chi connectivity index (χ1n) is 10.5. The van der Waals surface area contributed by atoms with Gasteiger partial charge in [0.1, 0.15) is 5.75 Å². The Kier molecular flexibility index (Phi) is 7.79. The van der Waals surface area contributed by atoms with Crippen molar-refractivity contribution in [2.24, 2.45) is 0 Å². The van der Waals surface area contributed by atoms with E-state index in [1.165, 1.54) is 0 Å². The van der Waals surface area contributed by atoms with Crippen molar-refractivity contribution in [3.8, 4) is 5.75 Å². The first kappa shape index (κ1) is 24.4. The normalized spacial score (nSPS) is 10.5. The van der Waals surface area contributed by atoms with Gasteiger partial charge in [0.2, 0.25) is 0 Å². The van der Waals surface area contributed by atoms with Crippen LogP contribution in [0, 0.1) is 0 Å². The smallest absolute Gasteiger partial charge is 0.276 e. The molecule has 0 atom stereocenters. The number of nitrogens with one attached hydrogen (secondary N) is 3. The summed E-state index contributed by atoms with van der Waals surface area (Å²) in [5, 5.41) is 4.72. The molecule has 3 N–H and O–H groups in total. The van der Waals surface area contributed by atoms with Gasteiger partial charge in [-0.05, 0) is 81.3 Å². The van der Waals surface area contributed by atoms with E-state index in [-0.39, 0.29) is 12.5 Å². The van der Waals surface area contributed by atoms with Gasteiger partial charge < -0.3 is 10.1 Å². The second-order valence-electron chi connectivity index (χ2n) is 7.43. The second-order valence-corrected chi connectivity index (χ2v) is 9.14. The third-order valence-corrected chi connectivity index (χ3v) is 6.31. The van der Waals surface area contributed by atoms with Gasteiger partial charge in [0.05, 0.1) is 4.47 Å². The molecule has 4 aromatic rings. The SMILES string of the molecule is O=C(COc1ccc2cc(Br)ccc2c1Br)NNC(=O)c1ccc(NC(=O)c2ccccc2)cc1. The molecule has 0 spiro atoms. The summed E-state index contributed by atoms with van der Waals surface area (Å²) in [4.78, 5) is 36.7. The Morgan fingerprint density at radius 2 is 1.46 bits per heavy atom. The highest BCUT2D eigenvalue weighted by Gasteiger charge is 2.12. The number of hydrogen-bond acceptors (Lipinski definition) is 4. The molecule has 0 aliphatic rings. The third-order valence-electron chi connectivity index (χ3n) is 5.00. The fraction of sp³-hybridized carbons (Fsp3) is 0.0385. The van der Waals surface area contributed by atoms with Gasteiger partial charge in [0.25, 0.3) is 17.7 Å². The summed E-state index contributed by atoms with van der Waals surface area (Å²) >= 11 is 6.96. The molecule has 0 aromatic heterocycles. The summed E-state index contributed by atoms with van der Waals surface area (Å²) in [6, 6.07) is 24.6. The monoisotopic (exact) mass is 595 g/mol. The maximum absolute atomic E-state index is 12.3. The minimum Gasteiger partial charge on any atom is -0.483 e. The maximum atomic E-state index is 12.3. The summed E-state index contributed by atoms with van der Waals surface area (Å²) < 4.78 is 7.30. The Balaban J connectivity index is 1.27. The predicted octanol–water partition coefficient (Wildman–Crippen LogP) is 5.46. The van der Waals surface area contributed by atoms with Crippen LogP contribution in [-0.2, 0) is 4.79 Å². The van der Waals surface area contributed by atoms with E-state index in [2.05, 4.69) is 48.0 Å². The van der Waals surface area contributed by atoms with Crippen LogP contribution in [0.5, 0.6) is 5.75 Å². The van der Waals surface area contributed by atoms with Gasteiger partial charge in [-0.3, -0.25) is 25.2 Å². The number of fused-ring (bicyclic) bond motifs is 1. The summed E-state index contributed by atoms with van der Waals surface area (Å²) in [5.74, 6) is -0.764. The van der Waals surface area contributed by atoms with Crippen molar-refractivity contribution in [3.05, 3.63) is 105 Å². The average Bonchev–Trinajstić information content (AvgIpc) is 2.87. The zero-order valence-electron chi connectivity index (χ0n) is 18.2. The Morgan fingerprint density at radius 3 is 2.20 bits per heavy atom. The summed E-state index contributed by atoms with van der Waals surface area (Å²) in [6.45, 7) is -0.286. The van der Waals surface area contributed by atoms with Crippen molar-refractivity contribution in [2.45, 2.75) is 0 Å². The molecule has 0 heterocycles. The average molecular weight is 597 g/mol. The molecule has 0 saturated carbocycles. The van der Waals surface area contributed by atoms with Gasteiger partial charge in [-0.15, -0.1) is 0 Å². The van der Waals surface area contributed by atoms with Crippen molar-refractivity contribution < 1.29 is 19.1 Å². The Bertz CT molecular complexity index is 1390. The lowest BCUT2D eigenvalue weighted by molar-refractivity contribution is -0.123. The fourth-order valence-corrected chi connectivity index (χ4v) is 4.22. The van der Waals surface area contributed by atoms with Gasteiger partial charge in [-0.2, -0.15) is 0 Å². The fourth-order valence-electron chi connectivity index (χ4n) is 3.23. The molecule has 4 rings (SSSR count). The van der Waals surface area contributed by atoms with Crippen molar-refractivity contribution in [3.63, 3.8) is 0 Å². The lowest BCUT2D eigenvalue weighted by atomic mass is 10.1. The number of anilines is 1. The minimum absolute atomic E-state index is 0.249. The number of hydrazine groups is 1. The number of halogens is 2. The van der Waals surface area contributed by atoms with Crippen LogP contribution >= 0.6 is 31.9 Å². The molecule has 3 amide bonds. The molecule has 0 unspecified atom stereocenters. The molecular formula is C26H19Br2N3O4. The van der Waals surface area contributed by atoms with E-state index >= 15 is 0 Å². The van der Waals surface area contributed by atoms with Crippen LogP contribution in [-0.4, -0.2) is 24.3 Å². The molecule has 0 aliphatic carbocycles. The third kappa shape index (κ3) is 6.26. The highest BCUT2D eigenvalue weighted by Crippen LogP contribution is 2.34. The van der Waals surface area contributed by atoms with Crippen LogP contribution < -0.4 is 20.9 Å². The Labute approximate surface area is 218 Å². The maximum Gasteiger partial charge on any atom is 0.276 e. The molecule has 0 radical (unpaired) electrons. The summed E-state index contributed by atoms with van der Waals surface area (Å²) in [5.41, 5.74) is 6.06. The minimum atomic E-state index is -0.520. The van der Waals surface area contributed by atoms with Crippen LogP contribution in [0.3, 0.4) is 0 Å². The second kappa shape index (κ2) is 11.2. The number of carbonyl (C=O) groups excluding carboxylic acids is 3. The molecule has 7 nitrogen and oxygen atoms in total. The topological polar surface area (TPSA) is 96.5 Å². The number of ether oxygens (including phenoxy) is 1. The molecule has 0 saturated heterocycles. The highest BCUT2D eigenvalue weighted by atomic mass is 79.9.